The van der Waals surface area contributed by atoms with Crippen molar-refractivity contribution in [3.63, 3.8) is 0 Å². The highest BCUT2D eigenvalue weighted by Gasteiger charge is 2.48. The van der Waals surface area contributed by atoms with E-state index in [0.717, 1.165) is 17.1 Å². The number of fused-ring (bicyclic) bond motifs is 6. The summed E-state index contributed by atoms with van der Waals surface area (Å²) >= 11 is 1.90. The van der Waals surface area contributed by atoms with Gasteiger partial charge in [-0.05, 0) is 104 Å². The molecule has 1 heterocycles. The van der Waals surface area contributed by atoms with Crippen LogP contribution >= 0.6 is 11.3 Å². The number of anilines is 3. The second-order valence-electron chi connectivity index (χ2n) is 14.8. The molecule has 1 aliphatic carbocycles. The second kappa shape index (κ2) is 13.6. The molecule has 2 heteroatoms. The Hall–Kier alpha value is -7.00. The molecule has 57 heavy (non-hydrogen) atoms. The van der Waals surface area contributed by atoms with Gasteiger partial charge in [0.25, 0.3) is 0 Å². The highest BCUT2D eigenvalue weighted by Crippen LogP contribution is 2.61. The molecule has 0 saturated carbocycles. The molecule has 0 atom stereocenters. The molecule has 1 aromatic heterocycles. The molecule has 0 unspecified atom stereocenters. The van der Waals surface area contributed by atoms with E-state index < -0.39 is 5.41 Å². The summed E-state index contributed by atoms with van der Waals surface area (Å²) in [6, 6.07) is 82.5. The first kappa shape index (κ1) is 33.3. The van der Waals surface area contributed by atoms with Crippen LogP contribution < -0.4 is 4.90 Å². The van der Waals surface area contributed by atoms with Crippen molar-refractivity contribution in [3.05, 3.63) is 247 Å². The monoisotopic (exact) mass is 743 g/mol. The van der Waals surface area contributed by atoms with Crippen LogP contribution in [-0.4, -0.2) is 0 Å². The Balaban J connectivity index is 1.24. The molecule has 0 aliphatic heterocycles. The predicted octanol–water partition coefficient (Wildman–Crippen LogP) is 15.2. The van der Waals surface area contributed by atoms with Gasteiger partial charge in [-0.25, -0.2) is 0 Å². The van der Waals surface area contributed by atoms with Crippen molar-refractivity contribution in [3.8, 4) is 33.4 Å². The molecule has 0 bridgehead atoms. The standard InChI is InChI=1S/C55H37NS/c1-6-18-38(19-7-1)39-30-32-44(33-31-39)56(43-26-14-5-15-27-43)45-34-35-46-48(36-45)55(41-22-10-3-11-23-41,42-24-12-4-13-25-42)49-37-51-54(47-28-16-17-29-50(47)57-51)52(53(46)49)40-20-8-2-9-21-40/h1-37H. The molecule has 1 nitrogen and oxygen atoms in total. The Morgan fingerprint density at radius 3 is 1.51 bits per heavy atom. The average molecular weight is 744 g/mol. The molecule has 0 saturated heterocycles. The molecule has 0 amide bonds. The second-order valence-corrected chi connectivity index (χ2v) is 15.9. The molecule has 10 aromatic rings. The fourth-order valence-corrected chi connectivity index (χ4v) is 10.5. The van der Waals surface area contributed by atoms with Gasteiger partial charge in [-0.3, -0.25) is 0 Å². The van der Waals surface area contributed by atoms with Crippen LogP contribution in [0.25, 0.3) is 53.6 Å². The summed E-state index contributed by atoms with van der Waals surface area (Å²) in [7, 11) is 0. The van der Waals surface area contributed by atoms with Crippen molar-refractivity contribution in [2.75, 3.05) is 4.90 Å². The van der Waals surface area contributed by atoms with E-state index in [0.29, 0.717) is 0 Å². The molecule has 9 aromatic carbocycles. The summed E-state index contributed by atoms with van der Waals surface area (Å²) in [5.41, 5.74) is 15.4. The molecular formula is C55H37NS. The maximum Gasteiger partial charge on any atom is 0.0715 e. The van der Waals surface area contributed by atoms with E-state index in [1.807, 2.05) is 11.3 Å². The lowest BCUT2D eigenvalue weighted by Crippen LogP contribution is -2.28. The Bertz CT molecular complexity index is 2990. The number of para-hydroxylation sites is 1. The van der Waals surface area contributed by atoms with E-state index >= 15 is 0 Å². The van der Waals surface area contributed by atoms with Gasteiger partial charge in [-0.1, -0.05) is 176 Å². The molecular weight excluding hydrogens is 707 g/mol. The van der Waals surface area contributed by atoms with Crippen LogP contribution in [0.5, 0.6) is 0 Å². The summed E-state index contributed by atoms with van der Waals surface area (Å²) < 4.78 is 2.62. The van der Waals surface area contributed by atoms with Crippen LogP contribution in [0.3, 0.4) is 0 Å². The van der Waals surface area contributed by atoms with Crippen molar-refractivity contribution >= 4 is 48.6 Å². The van der Waals surface area contributed by atoms with Crippen LogP contribution in [0.15, 0.2) is 224 Å². The third-order valence-electron chi connectivity index (χ3n) is 11.7. The zero-order valence-electron chi connectivity index (χ0n) is 31.2. The zero-order valence-corrected chi connectivity index (χ0v) is 32.0. The van der Waals surface area contributed by atoms with Crippen molar-refractivity contribution < 1.29 is 0 Å². The molecule has 268 valence electrons. The number of nitrogens with zero attached hydrogens (tertiary/aromatic N) is 1. The van der Waals surface area contributed by atoms with Crippen LogP contribution in [0, 0.1) is 0 Å². The van der Waals surface area contributed by atoms with E-state index in [2.05, 4.69) is 229 Å². The maximum absolute atomic E-state index is 2.53. The highest BCUT2D eigenvalue weighted by atomic mass is 32.1. The number of hydrogen-bond donors (Lipinski definition) is 0. The van der Waals surface area contributed by atoms with Crippen LogP contribution in [-0.2, 0) is 5.41 Å². The minimum atomic E-state index is -0.587. The van der Waals surface area contributed by atoms with Gasteiger partial charge >= 0.3 is 0 Å². The SMILES string of the molecule is c1ccc(-c2ccc(N(c3ccccc3)c3ccc4c(c3)C(c3ccccc3)(c3ccccc3)c3cc5sc6ccccc6c5c(-c5ccccc5)c3-4)cc2)cc1. The van der Waals surface area contributed by atoms with E-state index in [1.54, 1.807) is 0 Å². The molecule has 0 N–H and O–H groups in total. The minimum Gasteiger partial charge on any atom is -0.310 e. The third-order valence-corrected chi connectivity index (χ3v) is 12.8. The Morgan fingerprint density at radius 2 is 0.860 bits per heavy atom. The van der Waals surface area contributed by atoms with Crippen LogP contribution in [0.2, 0.25) is 0 Å². The van der Waals surface area contributed by atoms with E-state index in [1.165, 1.54) is 75.8 Å². The lowest BCUT2D eigenvalue weighted by Gasteiger charge is -2.35. The summed E-state index contributed by atoms with van der Waals surface area (Å²) in [5, 5.41) is 2.64. The first-order valence-corrected chi connectivity index (χ1v) is 20.4. The first-order chi connectivity index (χ1) is 28.3. The largest absolute Gasteiger partial charge is 0.310 e. The van der Waals surface area contributed by atoms with Crippen molar-refractivity contribution in [1.82, 2.24) is 0 Å². The fourth-order valence-electron chi connectivity index (χ4n) is 9.32. The number of benzene rings is 9. The Kier molecular flexibility index (Phi) is 7.98. The van der Waals surface area contributed by atoms with Gasteiger partial charge in [-0.2, -0.15) is 0 Å². The van der Waals surface area contributed by atoms with Gasteiger partial charge in [0.05, 0.1) is 5.41 Å². The number of hydrogen-bond acceptors (Lipinski definition) is 2. The topological polar surface area (TPSA) is 3.24 Å². The lowest BCUT2D eigenvalue weighted by atomic mass is 9.67. The molecule has 0 spiro atoms. The summed E-state index contributed by atoms with van der Waals surface area (Å²) in [5.74, 6) is 0. The van der Waals surface area contributed by atoms with E-state index in [-0.39, 0.29) is 0 Å². The first-order valence-electron chi connectivity index (χ1n) is 19.6. The predicted molar refractivity (Wildman–Crippen MR) is 242 cm³/mol. The molecule has 1 aliphatic rings. The van der Waals surface area contributed by atoms with Gasteiger partial charge in [0.15, 0.2) is 0 Å². The third kappa shape index (κ3) is 5.29. The summed E-state index contributed by atoms with van der Waals surface area (Å²) in [4.78, 5) is 2.41. The van der Waals surface area contributed by atoms with Crippen molar-refractivity contribution in [2.24, 2.45) is 0 Å². The quantitative estimate of drug-likeness (QED) is 0.157. The maximum atomic E-state index is 2.53. The van der Waals surface area contributed by atoms with Gasteiger partial charge in [-0.15, -0.1) is 11.3 Å². The van der Waals surface area contributed by atoms with Crippen molar-refractivity contribution in [1.29, 1.82) is 0 Å². The lowest BCUT2D eigenvalue weighted by molar-refractivity contribution is 0.770. The minimum absolute atomic E-state index is 0.587. The summed E-state index contributed by atoms with van der Waals surface area (Å²) in [6.07, 6.45) is 0. The molecule has 11 rings (SSSR count). The van der Waals surface area contributed by atoms with Crippen LogP contribution in [0.4, 0.5) is 17.1 Å². The van der Waals surface area contributed by atoms with Gasteiger partial charge in [0.1, 0.15) is 0 Å². The van der Waals surface area contributed by atoms with Gasteiger partial charge < -0.3 is 4.90 Å². The fraction of sp³-hybridized carbons (Fsp3) is 0.0182. The normalized spacial score (nSPS) is 12.7. The smallest absolute Gasteiger partial charge is 0.0715 e. The zero-order chi connectivity index (χ0) is 37.8. The number of rotatable bonds is 7. The Labute approximate surface area is 337 Å². The molecule has 0 radical (unpaired) electrons. The molecule has 0 fully saturated rings. The van der Waals surface area contributed by atoms with E-state index in [4.69, 9.17) is 0 Å². The van der Waals surface area contributed by atoms with Gasteiger partial charge in [0, 0.05) is 37.2 Å². The van der Waals surface area contributed by atoms with Gasteiger partial charge in [0.2, 0.25) is 0 Å². The number of thiophene rings is 1. The Morgan fingerprint density at radius 1 is 0.351 bits per heavy atom. The van der Waals surface area contributed by atoms with Crippen LogP contribution in [0.1, 0.15) is 22.3 Å². The van der Waals surface area contributed by atoms with Crippen molar-refractivity contribution in [2.45, 2.75) is 5.41 Å². The highest BCUT2D eigenvalue weighted by molar-refractivity contribution is 7.26. The van der Waals surface area contributed by atoms with E-state index in [9.17, 15) is 0 Å². The average Bonchev–Trinajstić information content (AvgIpc) is 3.81. The summed E-state index contributed by atoms with van der Waals surface area (Å²) in [6.45, 7) is 0.